The van der Waals surface area contributed by atoms with E-state index in [1.54, 1.807) is 4.90 Å². The zero-order chi connectivity index (χ0) is 15.5. The summed E-state index contributed by atoms with van der Waals surface area (Å²) in [4.78, 5) is 15.4. The maximum atomic E-state index is 10.2. The summed E-state index contributed by atoms with van der Waals surface area (Å²) >= 11 is 0. The van der Waals surface area contributed by atoms with E-state index in [1.807, 2.05) is 36.4 Å². The zero-order valence-electron chi connectivity index (χ0n) is 12.6. The number of hydrogen-bond donors (Lipinski definition) is 1. The Balaban J connectivity index is 0. The zero-order valence-corrected chi connectivity index (χ0v) is 12.6. The molecule has 4 heteroatoms. The average Bonchev–Trinajstić information content (AvgIpc) is 2.51. The van der Waals surface area contributed by atoms with Crippen LogP contribution < -0.4 is 5.73 Å². The summed E-state index contributed by atoms with van der Waals surface area (Å²) in [6.07, 6.45) is 5.59. The lowest BCUT2D eigenvalue weighted by atomic mass is 10.4. The van der Waals surface area contributed by atoms with Crippen molar-refractivity contribution in [3.63, 3.8) is 0 Å². The summed E-state index contributed by atoms with van der Waals surface area (Å²) in [6, 6.07) is 12.0. The minimum atomic E-state index is 0.900. The van der Waals surface area contributed by atoms with Crippen LogP contribution in [0.3, 0.4) is 0 Å². The summed E-state index contributed by atoms with van der Waals surface area (Å²) in [5.74, 6) is 0. The molecule has 0 aromatic heterocycles. The Kier molecular flexibility index (Phi) is 19.5. The summed E-state index contributed by atoms with van der Waals surface area (Å²) in [6.45, 7) is 9.22. The van der Waals surface area contributed by atoms with Crippen LogP contribution in [0.15, 0.2) is 54.2 Å². The Morgan fingerprint density at radius 2 is 1.45 bits per heavy atom. The molecule has 0 heterocycles. The Hall–Kier alpha value is -2.10. The molecule has 0 aliphatic rings. The van der Waals surface area contributed by atoms with Gasteiger partial charge in [-0.15, -0.1) is 0 Å². The Labute approximate surface area is 123 Å². The van der Waals surface area contributed by atoms with Crippen molar-refractivity contribution in [3.05, 3.63) is 49.2 Å². The summed E-state index contributed by atoms with van der Waals surface area (Å²) in [5.41, 5.74) is 4.78. The molecule has 20 heavy (non-hydrogen) atoms. The molecule has 0 saturated heterocycles. The van der Waals surface area contributed by atoms with Crippen LogP contribution in [0.2, 0.25) is 0 Å². The minimum Gasteiger partial charge on any atom is -0.390 e. The van der Waals surface area contributed by atoms with Crippen molar-refractivity contribution in [1.82, 2.24) is 4.90 Å². The number of carbonyl (C=O) groups excluding carboxylic acids is 1. The van der Waals surface area contributed by atoms with E-state index in [1.165, 1.54) is 12.5 Å². The standard InChI is InChI=1S/C7H15NO.C6H6.C3H6N2/c1-3-5-8(7-9)6-4-2;1-2-4-6-5-3-1;1-2-5-3-4/h7H,3-6H2,1-2H3;1-6H;2-3H,1H2,(H2,4,5). The summed E-state index contributed by atoms with van der Waals surface area (Å²) in [5, 5.41) is 0. The van der Waals surface area contributed by atoms with Gasteiger partial charge in [-0.05, 0) is 12.8 Å². The molecule has 0 saturated carbocycles. The first kappa shape index (κ1) is 20.2. The second-order valence-corrected chi connectivity index (χ2v) is 3.78. The molecule has 1 amide bonds. The highest BCUT2D eigenvalue weighted by Crippen LogP contribution is 1.88. The van der Waals surface area contributed by atoms with Crippen LogP contribution in [-0.2, 0) is 4.79 Å². The van der Waals surface area contributed by atoms with Gasteiger partial charge in [-0.2, -0.15) is 0 Å². The minimum absolute atomic E-state index is 0.900. The van der Waals surface area contributed by atoms with E-state index in [2.05, 4.69) is 25.4 Å². The molecule has 1 aromatic carbocycles. The second-order valence-electron chi connectivity index (χ2n) is 3.78. The molecule has 112 valence electrons. The number of benzene rings is 1. The fourth-order valence-corrected chi connectivity index (χ4v) is 1.24. The highest BCUT2D eigenvalue weighted by Gasteiger charge is 1.94. The molecule has 2 N–H and O–H groups in total. The van der Waals surface area contributed by atoms with Gasteiger partial charge in [0.05, 0.1) is 6.34 Å². The molecular weight excluding hydrogens is 250 g/mol. The van der Waals surface area contributed by atoms with E-state index < -0.39 is 0 Å². The van der Waals surface area contributed by atoms with Gasteiger partial charge in [-0.25, -0.2) is 4.99 Å². The number of nitrogens with zero attached hydrogens (tertiary/aromatic N) is 2. The van der Waals surface area contributed by atoms with E-state index in [4.69, 9.17) is 5.73 Å². The quantitative estimate of drug-likeness (QED) is 0.493. The number of rotatable bonds is 6. The number of amides is 1. The maximum absolute atomic E-state index is 10.2. The SMILES string of the molecule is C=CN=CN.CCCN(C=O)CCC.c1ccccc1. The van der Waals surface area contributed by atoms with Crippen molar-refractivity contribution in [3.8, 4) is 0 Å². The van der Waals surface area contributed by atoms with Crippen LogP contribution in [0.5, 0.6) is 0 Å². The molecule has 0 aliphatic carbocycles. The first-order chi connectivity index (χ1) is 9.76. The van der Waals surface area contributed by atoms with Crippen molar-refractivity contribution in [1.29, 1.82) is 0 Å². The van der Waals surface area contributed by atoms with Gasteiger partial charge < -0.3 is 10.6 Å². The molecule has 0 radical (unpaired) electrons. The molecular formula is C16H27N3O. The highest BCUT2D eigenvalue weighted by molar-refractivity contribution is 5.51. The van der Waals surface area contributed by atoms with Gasteiger partial charge >= 0.3 is 0 Å². The van der Waals surface area contributed by atoms with Crippen molar-refractivity contribution < 1.29 is 4.79 Å². The van der Waals surface area contributed by atoms with Gasteiger partial charge in [-0.3, -0.25) is 4.79 Å². The third kappa shape index (κ3) is 18.3. The average molecular weight is 277 g/mol. The van der Waals surface area contributed by atoms with Crippen molar-refractivity contribution in [2.45, 2.75) is 26.7 Å². The Morgan fingerprint density at radius 3 is 1.60 bits per heavy atom. The summed E-state index contributed by atoms with van der Waals surface area (Å²) < 4.78 is 0. The maximum Gasteiger partial charge on any atom is 0.209 e. The van der Waals surface area contributed by atoms with Gasteiger partial charge in [0, 0.05) is 19.3 Å². The van der Waals surface area contributed by atoms with Gasteiger partial charge in [0.25, 0.3) is 0 Å². The van der Waals surface area contributed by atoms with E-state index in [0.717, 1.165) is 32.3 Å². The monoisotopic (exact) mass is 277 g/mol. The Morgan fingerprint density at radius 1 is 1.05 bits per heavy atom. The lowest BCUT2D eigenvalue weighted by molar-refractivity contribution is -0.118. The Bertz CT molecular complexity index is 293. The largest absolute Gasteiger partial charge is 0.390 e. The molecule has 0 spiro atoms. The van der Waals surface area contributed by atoms with E-state index >= 15 is 0 Å². The normalized spacial score (nSPS) is 8.70. The number of nitrogens with two attached hydrogens (primary N) is 1. The predicted molar refractivity (Wildman–Crippen MR) is 87.5 cm³/mol. The fourth-order valence-electron chi connectivity index (χ4n) is 1.24. The molecule has 0 unspecified atom stereocenters. The van der Waals surface area contributed by atoms with Crippen molar-refractivity contribution in [2.24, 2.45) is 10.7 Å². The van der Waals surface area contributed by atoms with Gasteiger partial charge in [0.2, 0.25) is 6.41 Å². The molecule has 4 nitrogen and oxygen atoms in total. The van der Waals surface area contributed by atoms with Crippen LogP contribution in [0.25, 0.3) is 0 Å². The molecule has 0 bridgehead atoms. The number of hydrogen-bond acceptors (Lipinski definition) is 2. The van der Waals surface area contributed by atoms with E-state index in [9.17, 15) is 4.79 Å². The van der Waals surface area contributed by atoms with Gasteiger partial charge in [0.15, 0.2) is 0 Å². The predicted octanol–water partition coefficient (Wildman–Crippen LogP) is 3.07. The third-order valence-corrected chi connectivity index (χ3v) is 2.03. The topological polar surface area (TPSA) is 58.7 Å². The van der Waals surface area contributed by atoms with Gasteiger partial charge in [0.1, 0.15) is 0 Å². The van der Waals surface area contributed by atoms with Crippen LogP contribution in [0.4, 0.5) is 0 Å². The lowest BCUT2D eigenvalue weighted by Gasteiger charge is -2.13. The first-order valence-corrected chi connectivity index (χ1v) is 6.80. The lowest BCUT2D eigenvalue weighted by Crippen LogP contribution is -2.23. The van der Waals surface area contributed by atoms with E-state index in [0.29, 0.717) is 0 Å². The second kappa shape index (κ2) is 19.2. The first-order valence-electron chi connectivity index (χ1n) is 6.80. The smallest absolute Gasteiger partial charge is 0.209 e. The van der Waals surface area contributed by atoms with Crippen LogP contribution in [0.1, 0.15) is 26.7 Å². The number of aliphatic imine (C=N–C) groups is 1. The molecule has 1 rings (SSSR count). The van der Waals surface area contributed by atoms with Crippen molar-refractivity contribution >= 4 is 12.7 Å². The number of carbonyl (C=O) groups is 1. The van der Waals surface area contributed by atoms with Gasteiger partial charge in [-0.1, -0.05) is 56.8 Å². The summed E-state index contributed by atoms with van der Waals surface area (Å²) in [7, 11) is 0. The van der Waals surface area contributed by atoms with Crippen LogP contribution in [0, 0.1) is 0 Å². The molecule has 1 aromatic rings. The highest BCUT2D eigenvalue weighted by atomic mass is 16.1. The fraction of sp³-hybridized carbons (Fsp3) is 0.375. The van der Waals surface area contributed by atoms with Crippen molar-refractivity contribution in [2.75, 3.05) is 13.1 Å². The molecule has 0 fully saturated rings. The van der Waals surface area contributed by atoms with Crippen LogP contribution >= 0.6 is 0 Å². The van der Waals surface area contributed by atoms with Crippen LogP contribution in [-0.4, -0.2) is 30.7 Å². The molecule has 0 atom stereocenters. The molecule has 0 aliphatic heterocycles. The van der Waals surface area contributed by atoms with E-state index in [-0.39, 0.29) is 0 Å². The third-order valence-electron chi connectivity index (χ3n) is 2.03.